The molecule has 0 N–H and O–H groups in total. The molecule has 0 unspecified atom stereocenters. The standard InChI is InChI=1S/C17H19ClFNO/c1-21-16-9-5-8-15(17(16)19)13-20(11-10-18)12-14-6-3-2-4-7-14/h2-9H,10-13H2,1H3. The van der Waals surface area contributed by atoms with Crippen LogP contribution in [0, 0.1) is 5.82 Å². The van der Waals surface area contributed by atoms with Crippen molar-refractivity contribution in [2.45, 2.75) is 13.1 Å². The van der Waals surface area contributed by atoms with E-state index in [1.807, 2.05) is 18.2 Å². The number of hydrogen-bond donors (Lipinski definition) is 0. The van der Waals surface area contributed by atoms with Crippen molar-refractivity contribution in [3.63, 3.8) is 0 Å². The van der Waals surface area contributed by atoms with E-state index in [0.717, 1.165) is 6.54 Å². The van der Waals surface area contributed by atoms with E-state index in [1.165, 1.54) is 12.7 Å². The lowest BCUT2D eigenvalue weighted by Gasteiger charge is -2.22. The predicted molar refractivity (Wildman–Crippen MR) is 84.2 cm³/mol. The van der Waals surface area contributed by atoms with Crippen molar-refractivity contribution >= 4 is 11.6 Å². The summed E-state index contributed by atoms with van der Waals surface area (Å²) in [7, 11) is 1.47. The van der Waals surface area contributed by atoms with E-state index >= 15 is 0 Å². The topological polar surface area (TPSA) is 12.5 Å². The van der Waals surface area contributed by atoms with Crippen molar-refractivity contribution < 1.29 is 9.13 Å². The Hall–Kier alpha value is -1.58. The second-order valence-corrected chi connectivity index (χ2v) is 5.20. The first-order valence-corrected chi connectivity index (χ1v) is 7.41. The molecule has 2 rings (SSSR count). The van der Waals surface area contributed by atoms with Crippen LogP contribution in [0.2, 0.25) is 0 Å². The third-order valence-corrected chi connectivity index (χ3v) is 3.48. The first-order valence-electron chi connectivity index (χ1n) is 6.88. The van der Waals surface area contributed by atoms with Gasteiger partial charge in [0.1, 0.15) is 0 Å². The van der Waals surface area contributed by atoms with Gasteiger partial charge in [-0.15, -0.1) is 11.6 Å². The Morgan fingerprint density at radius 1 is 1.05 bits per heavy atom. The van der Waals surface area contributed by atoms with Crippen LogP contribution in [0.5, 0.6) is 5.75 Å². The summed E-state index contributed by atoms with van der Waals surface area (Å²) >= 11 is 5.87. The lowest BCUT2D eigenvalue weighted by molar-refractivity contribution is 0.267. The van der Waals surface area contributed by atoms with Crippen LogP contribution in [0.3, 0.4) is 0 Å². The van der Waals surface area contributed by atoms with Gasteiger partial charge in [-0.2, -0.15) is 0 Å². The highest BCUT2D eigenvalue weighted by molar-refractivity contribution is 6.18. The van der Waals surface area contributed by atoms with Crippen molar-refractivity contribution in [1.29, 1.82) is 0 Å². The van der Waals surface area contributed by atoms with E-state index in [2.05, 4.69) is 17.0 Å². The fourth-order valence-electron chi connectivity index (χ4n) is 2.25. The van der Waals surface area contributed by atoms with Crippen LogP contribution in [0.25, 0.3) is 0 Å². The number of alkyl halides is 1. The Kier molecular flexibility index (Phi) is 6.03. The summed E-state index contributed by atoms with van der Waals surface area (Å²) in [5.41, 5.74) is 1.81. The van der Waals surface area contributed by atoms with Crippen molar-refractivity contribution in [2.24, 2.45) is 0 Å². The second kappa shape index (κ2) is 8.01. The molecular formula is C17H19ClFNO. The van der Waals surface area contributed by atoms with Gasteiger partial charge >= 0.3 is 0 Å². The zero-order chi connectivity index (χ0) is 15.1. The smallest absolute Gasteiger partial charge is 0.169 e. The molecule has 0 amide bonds. The van der Waals surface area contributed by atoms with Gasteiger partial charge in [-0.25, -0.2) is 4.39 Å². The summed E-state index contributed by atoms with van der Waals surface area (Å²) in [4.78, 5) is 2.13. The molecule has 0 atom stereocenters. The number of benzene rings is 2. The molecule has 0 saturated heterocycles. The molecule has 0 saturated carbocycles. The van der Waals surface area contributed by atoms with Gasteiger partial charge in [-0.3, -0.25) is 4.90 Å². The maximum atomic E-state index is 14.2. The lowest BCUT2D eigenvalue weighted by Crippen LogP contribution is -2.25. The van der Waals surface area contributed by atoms with E-state index in [-0.39, 0.29) is 11.6 Å². The molecule has 0 aromatic heterocycles. The third kappa shape index (κ3) is 4.45. The number of ether oxygens (including phenoxy) is 1. The highest BCUT2D eigenvalue weighted by Crippen LogP contribution is 2.21. The number of methoxy groups -OCH3 is 1. The fraction of sp³-hybridized carbons (Fsp3) is 0.294. The van der Waals surface area contributed by atoms with E-state index < -0.39 is 0 Å². The molecule has 112 valence electrons. The molecule has 0 aliphatic rings. The van der Waals surface area contributed by atoms with Crippen molar-refractivity contribution in [1.82, 2.24) is 4.90 Å². The molecule has 0 heterocycles. The van der Waals surface area contributed by atoms with Crippen LogP contribution in [0.15, 0.2) is 48.5 Å². The van der Waals surface area contributed by atoms with E-state index in [4.69, 9.17) is 16.3 Å². The Bertz CT molecular complexity index is 562. The molecule has 2 aromatic rings. The van der Waals surface area contributed by atoms with Gasteiger partial charge in [0.15, 0.2) is 11.6 Å². The van der Waals surface area contributed by atoms with E-state index in [0.29, 0.717) is 24.5 Å². The van der Waals surface area contributed by atoms with Gasteiger partial charge in [-0.1, -0.05) is 42.5 Å². The van der Waals surface area contributed by atoms with Crippen LogP contribution in [-0.4, -0.2) is 24.4 Å². The van der Waals surface area contributed by atoms with Crippen molar-refractivity contribution in [3.8, 4) is 5.75 Å². The summed E-state index contributed by atoms with van der Waals surface area (Å²) in [5, 5.41) is 0. The SMILES string of the molecule is COc1cccc(CN(CCCl)Cc2ccccc2)c1F. The number of nitrogens with zero attached hydrogens (tertiary/aromatic N) is 1. The van der Waals surface area contributed by atoms with E-state index in [9.17, 15) is 4.39 Å². The normalized spacial score (nSPS) is 10.9. The molecule has 0 radical (unpaired) electrons. The molecule has 0 bridgehead atoms. The van der Waals surface area contributed by atoms with Crippen LogP contribution in [-0.2, 0) is 13.1 Å². The first-order chi connectivity index (χ1) is 10.2. The maximum absolute atomic E-state index is 14.2. The number of rotatable bonds is 7. The number of hydrogen-bond acceptors (Lipinski definition) is 2. The molecule has 2 aromatic carbocycles. The van der Waals surface area contributed by atoms with Crippen LogP contribution < -0.4 is 4.74 Å². The van der Waals surface area contributed by atoms with Gasteiger partial charge in [0.25, 0.3) is 0 Å². The minimum atomic E-state index is -0.298. The largest absolute Gasteiger partial charge is 0.494 e. The zero-order valence-electron chi connectivity index (χ0n) is 12.1. The zero-order valence-corrected chi connectivity index (χ0v) is 12.8. The summed E-state index contributed by atoms with van der Waals surface area (Å²) in [6.07, 6.45) is 0. The predicted octanol–water partition coefficient (Wildman–Crippen LogP) is 4.08. The van der Waals surface area contributed by atoms with Gasteiger partial charge < -0.3 is 4.74 Å². The Balaban J connectivity index is 2.13. The molecule has 0 aliphatic carbocycles. The summed E-state index contributed by atoms with van der Waals surface area (Å²) in [5.74, 6) is 0.490. The van der Waals surface area contributed by atoms with Gasteiger partial charge in [-0.05, 0) is 11.6 Å². The Morgan fingerprint density at radius 2 is 1.81 bits per heavy atom. The highest BCUT2D eigenvalue weighted by atomic mass is 35.5. The molecule has 0 spiro atoms. The summed E-state index contributed by atoms with van der Waals surface area (Å²) < 4.78 is 19.3. The molecule has 0 aliphatic heterocycles. The monoisotopic (exact) mass is 307 g/mol. The van der Waals surface area contributed by atoms with E-state index in [1.54, 1.807) is 18.2 Å². The molecule has 4 heteroatoms. The third-order valence-electron chi connectivity index (χ3n) is 3.31. The highest BCUT2D eigenvalue weighted by Gasteiger charge is 2.12. The van der Waals surface area contributed by atoms with Gasteiger partial charge in [0.2, 0.25) is 0 Å². The quantitative estimate of drug-likeness (QED) is 0.715. The summed E-state index contributed by atoms with van der Waals surface area (Å²) in [6, 6.07) is 15.3. The van der Waals surface area contributed by atoms with Gasteiger partial charge in [0, 0.05) is 31.1 Å². The average molecular weight is 308 g/mol. The molecule has 2 nitrogen and oxygen atoms in total. The maximum Gasteiger partial charge on any atom is 0.169 e. The van der Waals surface area contributed by atoms with Gasteiger partial charge in [0.05, 0.1) is 7.11 Å². The van der Waals surface area contributed by atoms with Crippen molar-refractivity contribution in [3.05, 3.63) is 65.5 Å². The summed E-state index contributed by atoms with van der Waals surface area (Å²) in [6.45, 7) is 1.95. The second-order valence-electron chi connectivity index (χ2n) is 4.82. The minimum Gasteiger partial charge on any atom is -0.494 e. The van der Waals surface area contributed by atoms with Crippen molar-refractivity contribution in [2.75, 3.05) is 19.5 Å². The molecule has 0 fully saturated rings. The lowest BCUT2D eigenvalue weighted by atomic mass is 10.1. The minimum absolute atomic E-state index is 0.276. The fourth-order valence-corrected chi connectivity index (χ4v) is 2.49. The van der Waals surface area contributed by atoms with Crippen LogP contribution >= 0.6 is 11.6 Å². The number of halogens is 2. The van der Waals surface area contributed by atoms with Crippen LogP contribution in [0.1, 0.15) is 11.1 Å². The van der Waals surface area contributed by atoms with Crippen LogP contribution in [0.4, 0.5) is 4.39 Å². The Morgan fingerprint density at radius 3 is 2.48 bits per heavy atom. The first kappa shape index (κ1) is 15.8. The molecular weight excluding hydrogens is 289 g/mol. The molecule has 21 heavy (non-hydrogen) atoms. The average Bonchev–Trinajstić information content (AvgIpc) is 2.50. The Labute approximate surface area is 130 Å².